The van der Waals surface area contributed by atoms with Crippen molar-refractivity contribution in [3.05, 3.63) is 62.4 Å². The van der Waals surface area contributed by atoms with Crippen LogP contribution in [0.3, 0.4) is 0 Å². The maximum Gasteiger partial charge on any atom is 0.0705 e. The summed E-state index contributed by atoms with van der Waals surface area (Å²) in [7, 11) is 0. The largest absolute Gasteiger partial charge is 0.320 e. The topological polar surface area (TPSA) is 38.9 Å². The van der Waals surface area contributed by atoms with Crippen LogP contribution < -0.4 is 5.73 Å². The lowest BCUT2D eigenvalue weighted by Crippen LogP contribution is -2.10. The lowest BCUT2D eigenvalue weighted by Gasteiger charge is -2.11. The Hall–Kier alpha value is -1.23. The minimum absolute atomic E-state index is 0.0896. The van der Waals surface area contributed by atoms with Crippen molar-refractivity contribution in [1.82, 2.24) is 4.98 Å². The molecule has 0 saturated heterocycles. The van der Waals surface area contributed by atoms with Gasteiger partial charge in [-0.1, -0.05) is 12.1 Å². The van der Waals surface area contributed by atoms with Crippen LogP contribution in [0.15, 0.2) is 45.6 Å². The molecule has 0 amide bonds. The number of thiophene rings is 1. The van der Waals surface area contributed by atoms with Crippen molar-refractivity contribution in [2.45, 2.75) is 13.0 Å². The van der Waals surface area contributed by atoms with Gasteiger partial charge in [-0.3, -0.25) is 4.98 Å². The fourth-order valence-electron chi connectivity index (χ4n) is 2.12. The van der Waals surface area contributed by atoms with Crippen molar-refractivity contribution in [3.63, 3.8) is 0 Å². The number of halogens is 1. The first-order valence-electron chi connectivity index (χ1n) is 6.00. The van der Waals surface area contributed by atoms with Gasteiger partial charge < -0.3 is 5.73 Å². The second-order valence-corrected chi connectivity index (χ2v) is 6.86. The number of benzene rings is 1. The summed E-state index contributed by atoms with van der Waals surface area (Å²) in [5.74, 6) is 0. The summed E-state index contributed by atoms with van der Waals surface area (Å²) in [6.45, 7) is 2.00. The molecule has 4 heteroatoms. The van der Waals surface area contributed by atoms with Crippen molar-refractivity contribution in [2.75, 3.05) is 0 Å². The van der Waals surface area contributed by atoms with Crippen LogP contribution >= 0.6 is 27.3 Å². The number of aromatic nitrogens is 1. The normalized spacial score (nSPS) is 12.8. The Morgan fingerprint density at radius 1 is 1.16 bits per heavy atom. The molecule has 0 aliphatic rings. The predicted molar refractivity (Wildman–Crippen MR) is 84.5 cm³/mol. The summed E-state index contributed by atoms with van der Waals surface area (Å²) in [5.41, 5.74) is 10.6. The molecule has 0 radical (unpaired) electrons. The SMILES string of the molecule is Cc1ccc2cc(C(N)c3csc(Br)c3)ccc2n1. The van der Waals surface area contributed by atoms with Gasteiger partial charge in [-0.2, -0.15) is 0 Å². The Morgan fingerprint density at radius 2 is 2.00 bits per heavy atom. The van der Waals surface area contributed by atoms with Crippen LogP contribution in [0.2, 0.25) is 0 Å². The van der Waals surface area contributed by atoms with Crippen LogP contribution in [-0.4, -0.2) is 4.98 Å². The van der Waals surface area contributed by atoms with Gasteiger partial charge in [-0.05, 0) is 63.6 Å². The molecule has 0 aliphatic carbocycles. The van der Waals surface area contributed by atoms with Crippen LogP contribution in [0.25, 0.3) is 10.9 Å². The Morgan fingerprint density at radius 3 is 2.74 bits per heavy atom. The van der Waals surface area contributed by atoms with Crippen LogP contribution in [0.5, 0.6) is 0 Å². The summed E-state index contributed by atoms with van der Waals surface area (Å²) in [6.07, 6.45) is 0. The van der Waals surface area contributed by atoms with E-state index in [0.29, 0.717) is 0 Å². The smallest absolute Gasteiger partial charge is 0.0705 e. The van der Waals surface area contributed by atoms with Crippen molar-refractivity contribution < 1.29 is 0 Å². The number of fused-ring (bicyclic) bond motifs is 1. The second-order valence-electron chi connectivity index (χ2n) is 4.57. The van der Waals surface area contributed by atoms with Gasteiger partial charge in [0.2, 0.25) is 0 Å². The third-order valence-electron chi connectivity index (χ3n) is 3.16. The first-order valence-corrected chi connectivity index (χ1v) is 7.67. The van der Waals surface area contributed by atoms with Crippen LogP contribution in [0, 0.1) is 6.92 Å². The molecule has 3 aromatic rings. The zero-order valence-electron chi connectivity index (χ0n) is 10.4. The number of nitrogens with two attached hydrogens (primary N) is 1. The van der Waals surface area contributed by atoms with Crippen LogP contribution in [-0.2, 0) is 0 Å². The van der Waals surface area contributed by atoms with E-state index in [1.165, 1.54) is 0 Å². The van der Waals surface area contributed by atoms with E-state index in [2.05, 4.69) is 50.6 Å². The van der Waals surface area contributed by atoms with Gasteiger partial charge in [0.25, 0.3) is 0 Å². The van der Waals surface area contributed by atoms with Gasteiger partial charge in [-0.25, -0.2) is 0 Å². The zero-order chi connectivity index (χ0) is 13.4. The standard InChI is InChI=1S/C15H13BrN2S/c1-9-2-3-10-6-11(4-5-13(10)18-9)15(17)12-7-14(16)19-8-12/h2-8,15H,17H2,1H3. The molecule has 2 N–H and O–H groups in total. The molecule has 1 aromatic carbocycles. The van der Waals surface area contributed by atoms with Crippen molar-refractivity contribution >= 4 is 38.2 Å². The number of aryl methyl sites for hydroxylation is 1. The summed E-state index contributed by atoms with van der Waals surface area (Å²) >= 11 is 5.13. The van der Waals surface area contributed by atoms with Crippen molar-refractivity contribution in [1.29, 1.82) is 0 Å². The molecule has 2 nitrogen and oxygen atoms in total. The van der Waals surface area contributed by atoms with E-state index >= 15 is 0 Å². The van der Waals surface area contributed by atoms with Gasteiger partial charge in [0.1, 0.15) is 0 Å². The zero-order valence-corrected chi connectivity index (χ0v) is 12.8. The molecule has 2 aromatic heterocycles. The Balaban J connectivity index is 2.03. The summed E-state index contributed by atoms with van der Waals surface area (Å²) in [4.78, 5) is 4.51. The summed E-state index contributed by atoms with van der Waals surface area (Å²) < 4.78 is 1.11. The fourth-order valence-corrected chi connectivity index (χ4v) is 3.33. The van der Waals surface area contributed by atoms with E-state index in [0.717, 1.165) is 31.5 Å². The lowest BCUT2D eigenvalue weighted by molar-refractivity contribution is 0.878. The minimum Gasteiger partial charge on any atom is -0.320 e. The van der Waals surface area contributed by atoms with E-state index in [-0.39, 0.29) is 6.04 Å². The lowest BCUT2D eigenvalue weighted by atomic mass is 10.0. The predicted octanol–water partition coefficient (Wildman–Crippen LogP) is 4.42. The molecular formula is C15H13BrN2S. The van der Waals surface area contributed by atoms with Gasteiger partial charge in [0, 0.05) is 11.1 Å². The first-order chi connectivity index (χ1) is 9.13. The molecule has 1 unspecified atom stereocenters. The van der Waals surface area contributed by atoms with E-state index in [1.54, 1.807) is 11.3 Å². The molecule has 96 valence electrons. The molecule has 0 aliphatic heterocycles. The minimum atomic E-state index is -0.0896. The van der Waals surface area contributed by atoms with E-state index in [4.69, 9.17) is 5.73 Å². The molecule has 1 atom stereocenters. The highest BCUT2D eigenvalue weighted by molar-refractivity contribution is 9.11. The fraction of sp³-hybridized carbons (Fsp3) is 0.133. The maximum atomic E-state index is 6.32. The number of pyridine rings is 1. The Labute approximate surface area is 124 Å². The number of hydrogen-bond donors (Lipinski definition) is 1. The maximum absolute atomic E-state index is 6.32. The molecule has 19 heavy (non-hydrogen) atoms. The summed E-state index contributed by atoms with van der Waals surface area (Å²) in [6, 6.07) is 12.3. The highest BCUT2D eigenvalue weighted by Gasteiger charge is 2.11. The van der Waals surface area contributed by atoms with E-state index in [9.17, 15) is 0 Å². The number of hydrogen-bond acceptors (Lipinski definition) is 3. The molecule has 2 heterocycles. The molecule has 0 fully saturated rings. The Bertz CT molecular complexity index is 736. The van der Waals surface area contributed by atoms with E-state index in [1.807, 2.05) is 19.1 Å². The molecule has 0 bridgehead atoms. The van der Waals surface area contributed by atoms with Crippen LogP contribution in [0.1, 0.15) is 22.9 Å². The van der Waals surface area contributed by atoms with Gasteiger partial charge >= 0.3 is 0 Å². The molecule has 3 rings (SSSR count). The first kappa shape index (κ1) is 12.8. The third kappa shape index (κ3) is 2.56. The highest BCUT2D eigenvalue weighted by atomic mass is 79.9. The van der Waals surface area contributed by atoms with Gasteiger partial charge in [0.15, 0.2) is 0 Å². The second kappa shape index (κ2) is 5.04. The highest BCUT2D eigenvalue weighted by Crippen LogP contribution is 2.29. The average Bonchev–Trinajstić information content (AvgIpc) is 2.84. The van der Waals surface area contributed by atoms with Gasteiger partial charge in [0.05, 0.1) is 15.3 Å². The summed E-state index contributed by atoms with van der Waals surface area (Å²) in [5, 5.41) is 3.22. The van der Waals surface area contributed by atoms with E-state index < -0.39 is 0 Å². The van der Waals surface area contributed by atoms with Crippen molar-refractivity contribution in [2.24, 2.45) is 5.73 Å². The molecule has 0 saturated carbocycles. The third-order valence-corrected chi connectivity index (χ3v) is 4.68. The monoisotopic (exact) mass is 332 g/mol. The van der Waals surface area contributed by atoms with Crippen LogP contribution in [0.4, 0.5) is 0 Å². The average molecular weight is 333 g/mol. The molecule has 0 spiro atoms. The number of rotatable bonds is 2. The van der Waals surface area contributed by atoms with Crippen molar-refractivity contribution in [3.8, 4) is 0 Å². The molecular weight excluding hydrogens is 320 g/mol. The number of nitrogens with zero attached hydrogens (tertiary/aromatic N) is 1. The quantitative estimate of drug-likeness (QED) is 0.754. The van der Waals surface area contributed by atoms with Gasteiger partial charge in [-0.15, -0.1) is 11.3 Å². The Kier molecular flexibility index (Phi) is 3.39.